The molecule has 0 aliphatic carbocycles. The van der Waals surface area contributed by atoms with E-state index in [4.69, 9.17) is 0 Å². The third-order valence-electron chi connectivity index (χ3n) is 4.07. The van der Waals surface area contributed by atoms with Crippen molar-refractivity contribution in [2.24, 2.45) is 0 Å². The lowest BCUT2D eigenvalue weighted by molar-refractivity contribution is 0.182. The van der Waals surface area contributed by atoms with E-state index in [0.29, 0.717) is 29.6 Å². The van der Waals surface area contributed by atoms with Crippen LogP contribution < -0.4 is 10.6 Å². The summed E-state index contributed by atoms with van der Waals surface area (Å²) < 4.78 is 0. The number of aromatic nitrogens is 6. The van der Waals surface area contributed by atoms with Crippen LogP contribution >= 0.6 is 0 Å². The summed E-state index contributed by atoms with van der Waals surface area (Å²) in [5.74, 6) is 1.73. The van der Waals surface area contributed by atoms with Crippen LogP contribution in [0.2, 0.25) is 0 Å². The van der Waals surface area contributed by atoms with Crippen molar-refractivity contribution in [1.82, 2.24) is 34.8 Å². The number of anilines is 3. The van der Waals surface area contributed by atoms with Crippen LogP contribution in [0, 0.1) is 0 Å². The van der Waals surface area contributed by atoms with E-state index in [1.807, 2.05) is 0 Å². The topological polar surface area (TPSA) is 108 Å². The Morgan fingerprint density at radius 2 is 1.77 bits per heavy atom. The summed E-state index contributed by atoms with van der Waals surface area (Å²) >= 11 is 0. The zero-order chi connectivity index (χ0) is 18.5. The van der Waals surface area contributed by atoms with Crippen molar-refractivity contribution in [2.45, 2.75) is 39.8 Å². The first-order chi connectivity index (χ1) is 12.5. The van der Waals surface area contributed by atoms with Gasteiger partial charge in [0.15, 0.2) is 11.5 Å². The highest BCUT2D eigenvalue weighted by atomic mass is 15.2. The van der Waals surface area contributed by atoms with Crippen LogP contribution in [0.3, 0.4) is 0 Å². The Hall–Kier alpha value is -2.81. The van der Waals surface area contributed by atoms with Gasteiger partial charge in [0.25, 0.3) is 0 Å². The number of hydrogen-bond donors (Lipinski definition) is 3. The molecule has 0 spiro atoms. The van der Waals surface area contributed by atoms with E-state index in [0.717, 1.165) is 24.4 Å². The Morgan fingerprint density at radius 1 is 1.04 bits per heavy atom. The third-order valence-corrected chi connectivity index (χ3v) is 4.07. The highest BCUT2D eigenvalue weighted by Crippen LogP contribution is 2.19. The minimum atomic E-state index is 0.471. The average molecular weight is 355 g/mol. The molecule has 0 saturated heterocycles. The highest BCUT2D eigenvalue weighted by Gasteiger charge is 2.14. The second-order valence-corrected chi connectivity index (χ2v) is 6.56. The summed E-state index contributed by atoms with van der Waals surface area (Å²) in [7, 11) is 0. The lowest BCUT2D eigenvalue weighted by atomic mass is 10.2. The molecule has 0 aromatic carbocycles. The number of imidazole rings is 1. The standard InChI is InChI=1S/C17H25N9/c1-11(2)26(12(3)4)9-8-18-14-13-15(22-10-21-14)24-17(23-13)25-16-19-6-5-7-20-16/h5-7,10-12H,8-9H2,1-4H3,(H3,18,19,20,21,22,23,24,25). The molecule has 0 fully saturated rings. The fraction of sp³-hybridized carbons (Fsp3) is 0.471. The lowest BCUT2D eigenvalue weighted by Crippen LogP contribution is -2.40. The second kappa shape index (κ2) is 8.05. The molecule has 9 nitrogen and oxygen atoms in total. The summed E-state index contributed by atoms with van der Waals surface area (Å²) in [6.07, 6.45) is 4.84. The van der Waals surface area contributed by atoms with Crippen LogP contribution in [0.5, 0.6) is 0 Å². The zero-order valence-electron chi connectivity index (χ0n) is 15.6. The maximum Gasteiger partial charge on any atom is 0.229 e. The molecule has 0 aliphatic heterocycles. The fourth-order valence-electron chi connectivity index (χ4n) is 2.91. The maximum atomic E-state index is 4.42. The molecule has 0 bridgehead atoms. The first-order valence-corrected chi connectivity index (χ1v) is 8.79. The summed E-state index contributed by atoms with van der Waals surface area (Å²) in [5, 5.41) is 6.41. The molecule has 0 aliphatic rings. The molecular weight excluding hydrogens is 330 g/mol. The van der Waals surface area contributed by atoms with Crippen LogP contribution in [0.25, 0.3) is 11.2 Å². The minimum absolute atomic E-state index is 0.471. The van der Waals surface area contributed by atoms with Gasteiger partial charge in [0.1, 0.15) is 11.8 Å². The number of fused-ring (bicyclic) bond motifs is 1. The molecule has 3 aromatic heterocycles. The molecule has 9 heteroatoms. The molecule has 3 heterocycles. The Labute approximate surface area is 152 Å². The van der Waals surface area contributed by atoms with Gasteiger partial charge in [-0.15, -0.1) is 0 Å². The van der Waals surface area contributed by atoms with Crippen molar-refractivity contribution in [3.8, 4) is 0 Å². The number of hydrogen-bond acceptors (Lipinski definition) is 8. The largest absolute Gasteiger partial charge is 0.367 e. The van der Waals surface area contributed by atoms with Crippen molar-refractivity contribution < 1.29 is 0 Å². The van der Waals surface area contributed by atoms with Gasteiger partial charge in [-0.2, -0.15) is 4.98 Å². The van der Waals surface area contributed by atoms with Crippen LogP contribution in [0.15, 0.2) is 24.8 Å². The van der Waals surface area contributed by atoms with E-state index in [2.05, 4.69) is 73.1 Å². The molecule has 0 saturated carbocycles. The van der Waals surface area contributed by atoms with Crippen molar-refractivity contribution in [2.75, 3.05) is 23.7 Å². The SMILES string of the molecule is CC(C)N(CCNc1ncnc2nc(Nc3ncccn3)[nH]c12)C(C)C. The van der Waals surface area contributed by atoms with E-state index in [1.54, 1.807) is 18.5 Å². The van der Waals surface area contributed by atoms with Crippen molar-refractivity contribution in [3.05, 3.63) is 24.8 Å². The van der Waals surface area contributed by atoms with Gasteiger partial charge < -0.3 is 10.3 Å². The molecular formula is C17H25N9. The zero-order valence-corrected chi connectivity index (χ0v) is 15.6. The van der Waals surface area contributed by atoms with Gasteiger partial charge in [0.05, 0.1) is 0 Å². The smallest absolute Gasteiger partial charge is 0.229 e. The van der Waals surface area contributed by atoms with Crippen LogP contribution in [0.1, 0.15) is 27.7 Å². The second-order valence-electron chi connectivity index (χ2n) is 6.56. The number of rotatable bonds is 8. The van der Waals surface area contributed by atoms with Gasteiger partial charge in [0.2, 0.25) is 11.9 Å². The van der Waals surface area contributed by atoms with Crippen LogP contribution in [-0.4, -0.2) is 60.0 Å². The first-order valence-electron chi connectivity index (χ1n) is 8.79. The minimum Gasteiger partial charge on any atom is -0.367 e. The molecule has 0 radical (unpaired) electrons. The lowest BCUT2D eigenvalue weighted by Gasteiger charge is -2.30. The normalized spacial score (nSPS) is 11.7. The Bertz CT molecular complexity index is 821. The third kappa shape index (κ3) is 4.23. The Morgan fingerprint density at radius 3 is 2.46 bits per heavy atom. The van der Waals surface area contributed by atoms with Crippen LogP contribution in [-0.2, 0) is 0 Å². The molecule has 0 amide bonds. The van der Waals surface area contributed by atoms with Gasteiger partial charge in [-0.1, -0.05) is 0 Å². The van der Waals surface area contributed by atoms with Crippen molar-refractivity contribution in [1.29, 1.82) is 0 Å². The van der Waals surface area contributed by atoms with Gasteiger partial charge in [0, 0.05) is 37.6 Å². The predicted octanol–water partition coefficient (Wildman–Crippen LogP) is 2.42. The highest BCUT2D eigenvalue weighted by molar-refractivity contribution is 5.84. The summed E-state index contributed by atoms with van der Waals surface area (Å²) in [6, 6.07) is 2.75. The van der Waals surface area contributed by atoms with Crippen molar-refractivity contribution in [3.63, 3.8) is 0 Å². The molecule has 3 N–H and O–H groups in total. The average Bonchev–Trinajstić information content (AvgIpc) is 3.02. The Kier molecular flexibility index (Phi) is 5.57. The van der Waals surface area contributed by atoms with E-state index in [-0.39, 0.29) is 0 Å². The first kappa shape index (κ1) is 18.0. The fourth-order valence-corrected chi connectivity index (χ4v) is 2.91. The van der Waals surface area contributed by atoms with E-state index >= 15 is 0 Å². The van der Waals surface area contributed by atoms with E-state index < -0.39 is 0 Å². The van der Waals surface area contributed by atoms with Gasteiger partial charge >= 0.3 is 0 Å². The number of nitrogens with zero attached hydrogens (tertiary/aromatic N) is 6. The molecule has 26 heavy (non-hydrogen) atoms. The summed E-state index contributed by atoms with van der Waals surface area (Å²) in [5.41, 5.74) is 1.34. The molecule has 0 atom stereocenters. The summed E-state index contributed by atoms with van der Waals surface area (Å²) in [4.78, 5) is 26.9. The van der Waals surface area contributed by atoms with Crippen molar-refractivity contribution >= 4 is 28.9 Å². The molecule has 138 valence electrons. The molecule has 0 unspecified atom stereocenters. The monoisotopic (exact) mass is 355 g/mol. The number of aromatic amines is 1. The quantitative estimate of drug-likeness (QED) is 0.565. The molecule has 3 rings (SSSR count). The van der Waals surface area contributed by atoms with Gasteiger partial charge in [-0.25, -0.2) is 19.9 Å². The van der Waals surface area contributed by atoms with Gasteiger partial charge in [-0.3, -0.25) is 10.2 Å². The predicted molar refractivity (Wildman–Crippen MR) is 102 cm³/mol. The Balaban J connectivity index is 1.71. The summed E-state index contributed by atoms with van der Waals surface area (Å²) in [6.45, 7) is 10.6. The number of nitrogens with one attached hydrogen (secondary N) is 3. The maximum absolute atomic E-state index is 4.42. The molecule has 3 aromatic rings. The number of H-pyrrole nitrogens is 1. The van der Waals surface area contributed by atoms with E-state index in [9.17, 15) is 0 Å². The van der Waals surface area contributed by atoms with E-state index in [1.165, 1.54) is 6.33 Å². The van der Waals surface area contributed by atoms with Gasteiger partial charge in [-0.05, 0) is 33.8 Å². The van der Waals surface area contributed by atoms with Crippen LogP contribution in [0.4, 0.5) is 17.7 Å².